The van der Waals surface area contributed by atoms with E-state index in [4.69, 9.17) is 0 Å². The van der Waals surface area contributed by atoms with Crippen LogP contribution >= 0.6 is 0 Å². The standard InChI is InChI=1S/C13H23N3O/c17-13-6-4-9-15(12-13)8-2-1-3-10-16-11-5-7-14-16/h5,7,11,13,17H,1-4,6,8-10,12H2. The SMILES string of the molecule is OC1CCCN(CCCCCn2cccn2)C1. The van der Waals surface area contributed by atoms with Crippen LogP contribution in [0.25, 0.3) is 0 Å². The highest BCUT2D eigenvalue weighted by atomic mass is 16.3. The van der Waals surface area contributed by atoms with Crippen LogP contribution in [0, 0.1) is 0 Å². The molecule has 0 aromatic carbocycles. The minimum absolute atomic E-state index is 0.0900. The number of nitrogens with zero attached hydrogens (tertiary/aromatic N) is 3. The van der Waals surface area contributed by atoms with Gasteiger partial charge in [0.25, 0.3) is 0 Å². The fourth-order valence-electron chi connectivity index (χ4n) is 2.45. The first-order valence-electron chi connectivity index (χ1n) is 6.72. The van der Waals surface area contributed by atoms with Crippen LogP contribution < -0.4 is 0 Å². The number of aromatic nitrogens is 2. The zero-order valence-electron chi connectivity index (χ0n) is 10.5. The van der Waals surface area contributed by atoms with Crippen molar-refractivity contribution in [3.05, 3.63) is 18.5 Å². The van der Waals surface area contributed by atoms with Crippen molar-refractivity contribution in [1.82, 2.24) is 14.7 Å². The van der Waals surface area contributed by atoms with Gasteiger partial charge in [-0.05, 0) is 44.8 Å². The van der Waals surface area contributed by atoms with Crippen LogP contribution in [0.15, 0.2) is 18.5 Å². The fraction of sp³-hybridized carbons (Fsp3) is 0.769. The summed E-state index contributed by atoms with van der Waals surface area (Å²) in [5.41, 5.74) is 0. The summed E-state index contributed by atoms with van der Waals surface area (Å²) in [6.07, 6.45) is 9.55. The van der Waals surface area contributed by atoms with Crippen molar-refractivity contribution in [2.45, 2.75) is 44.8 Å². The first-order chi connectivity index (χ1) is 8.34. The lowest BCUT2D eigenvalue weighted by atomic mass is 10.1. The molecule has 1 N–H and O–H groups in total. The third kappa shape index (κ3) is 4.48. The van der Waals surface area contributed by atoms with Gasteiger partial charge in [0.15, 0.2) is 0 Å². The molecule has 0 amide bonds. The monoisotopic (exact) mass is 237 g/mol. The van der Waals surface area contributed by atoms with Gasteiger partial charge in [0.1, 0.15) is 0 Å². The third-order valence-electron chi connectivity index (χ3n) is 3.40. The zero-order chi connectivity index (χ0) is 11.9. The van der Waals surface area contributed by atoms with Gasteiger partial charge in [0.2, 0.25) is 0 Å². The average molecular weight is 237 g/mol. The predicted molar refractivity (Wildman–Crippen MR) is 67.8 cm³/mol. The maximum atomic E-state index is 9.55. The molecule has 96 valence electrons. The summed E-state index contributed by atoms with van der Waals surface area (Å²) in [5, 5.41) is 13.7. The Bertz CT molecular complexity index is 300. The Morgan fingerprint density at radius 3 is 2.88 bits per heavy atom. The molecule has 0 saturated carbocycles. The van der Waals surface area contributed by atoms with E-state index in [1.807, 2.05) is 23.1 Å². The molecular weight excluding hydrogens is 214 g/mol. The van der Waals surface area contributed by atoms with Crippen LogP contribution in [-0.4, -0.2) is 45.5 Å². The first kappa shape index (κ1) is 12.6. The molecule has 0 radical (unpaired) electrons. The second kappa shape index (κ2) is 6.77. The lowest BCUT2D eigenvalue weighted by molar-refractivity contribution is 0.0697. The molecule has 0 aliphatic carbocycles. The maximum absolute atomic E-state index is 9.55. The van der Waals surface area contributed by atoms with E-state index >= 15 is 0 Å². The molecule has 4 heteroatoms. The molecule has 1 unspecified atom stereocenters. The Morgan fingerprint density at radius 2 is 2.12 bits per heavy atom. The first-order valence-corrected chi connectivity index (χ1v) is 6.72. The minimum atomic E-state index is -0.0900. The van der Waals surface area contributed by atoms with E-state index < -0.39 is 0 Å². The van der Waals surface area contributed by atoms with Gasteiger partial charge in [0.05, 0.1) is 6.10 Å². The summed E-state index contributed by atoms with van der Waals surface area (Å²) < 4.78 is 1.99. The van der Waals surface area contributed by atoms with Crippen molar-refractivity contribution in [2.24, 2.45) is 0 Å². The van der Waals surface area contributed by atoms with Gasteiger partial charge in [-0.2, -0.15) is 5.10 Å². The van der Waals surface area contributed by atoms with Gasteiger partial charge in [0, 0.05) is 25.5 Å². The molecule has 1 saturated heterocycles. The molecular formula is C13H23N3O. The number of aliphatic hydroxyl groups excluding tert-OH is 1. The van der Waals surface area contributed by atoms with Gasteiger partial charge in [-0.25, -0.2) is 0 Å². The van der Waals surface area contributed by atoms with Crippen molar-refractivity contribution >= 4 is 0 Å². The van der Waals surface area contributed by atoms with Crippen molar-refractivity contribution in [3.63, 3.8) is 0 Å². The molecule has 2 rings (SSSR count). The highest BCUT2D eigenvalue weighted by Crippen LogP contribution is 2.11. The topological polar surface area (TPSA) is 41.3 Å². The summed E-state index contributed by atoms with van der Waals surface area (Å²) in [5.74, 6) is 0. The van der Waals surface area contributed by atoms with Crippen LogP contribution in [0.4, 0.5) is 0 Å². The second-order valence-corrected chi connectivity index (χ2v) is 4.93. The molecule has 2 heterocycles. The maximum Gasteiger partial charge on any atom is 0.0667 e. The lowest BCUT2D eigenvalue weighted by Gasteiger charge is -2.29. The largest absolute Gasteiger partial charge is 0.392 e. The van der Waals surface area contributed by atoms with Crippen LogP contribution in [0.5, 0.6) is 0 Å². The highest BCUT2D eigenvalue weighted by molar-refractivity contribution is 4.77. The van der Waals surface area contributed by atoms with Gasteiger partial charge in [-0.3, -0.25) is 4.68 Å². The Balaban J connectivity index is 1.51. The number of rotatable bonds is 6. The Kier molecular flexibility index (Phi) is 5.01. The number of aryl methyl sites for hydroxylation is 1. The molecule has 1 aromatic rings. The highest BCUT2D eigenvalue weighted by Gasteiger charge is 2.16. The van der Waals surface area contributed by atoms with E-state index in [2.05, 4.69) is 10.00 Å². The van der Waals surface area contributed by atoms with E-state index in [1.165, 1.54) is 19.3 Å². The van der Waals surface area contributed by atoms with Crippen LogP contribution in [0.1, 0.15) is 32.1 Å². The summed E-state index contributed by atoms with van der Waals surface area (Å²) in [7, 11) is 0. The van der Waals surface area contributed by atoms with Crippen molar-refractivity contribution in [2.75, 3.05) is 19.6 Å². The lowest BCUT2D eigenvalue weighted by Crippen LogP contribution is -2.38. The number of likely N-dealkylation sites (tertiary alicyclic amines) is 1. The molecule has 4 nitrogen and oxygen atoms in total. The van der Waals surface area contributed by atoms with Crippen molar-refractivity contribution < 1.29 is 5.11 Å². The summed E-state index contributed by atoms with van der Waals surface area (Å²) in [6.45, 7) is 4.20. The van der Waals surface area contributed by atoms with Crippen molar-refractivity contribution in [3.8, 4) is 0 Å². The van der Waals surface area contributed by atoms with Gasteiger partial charge in [-0.15, -0.1) is 0 Å². The Morgan fingerprint density at radius 1 is 1.24 bits per heavy atom. The molecule has 1 atom stereocenters. The zero-order valence-corrected chi connectivity index (χ0v) is 10.5. The number of hydrogen-bond donors (Lipinski definition) is 1. The van der Waals surface area contributed by atoms with E-state index in [0.717, 1.165) is 39.0 Å². The third-order valence-corrected chi connectivity index (χ3v) is 3.40. The number of β-amino-alcohol motifs (C(OH)–C–C–N with tert-alkyl or cyclic N) is 1. The minimum Gasteiger partial charge on any atom is -0.392 e. The molecule has 1 fully saturated rings. The van der Waals surface area contributed by atoms with E-state index in [-0.39, 0.29) is 6.10 Å². The van der Waals surface area contributed by atoms with E-state index in [0.29, 0.717) is 0 Å². The Hall–Kier alpha value is -0.870. The quantitative estimate of drug-likeness (QED) is 0.763. The van der Waals surface area contributed by atoms with Crippen LogP contribution in [-0.2, 0) is 6.54 Å². The molecule has 0 spiro atoms. The van der Waals surface area contributed by atoms with E-state index in [9.17, 15) is 5.11 Å². The number of piperidine rings is 1. The normalized spacial score (nSPS) is 21.8. The molecule has 0 bridgehead atoms. The van der Waals surface area contributed by atoms with Gasteiger partial charge < -0.3 is 10.0 Å². The summed E-state index contributed by atoms with van der Waals surface area (Å²) in [4.78, 5) is 2.39. The number of hydrogen-bond acceptors (Lipinski definition) is 3. The smallest absolute Gasteiger partial charge is 0.0667 e. The van der Waals surface area contributed by atoms with Gasteiger partial charge in [-0.1, -0.05) is 6.42 Å². The molecule has 1 aliphatic rings. The van der Waals surface area contributed by atoms with Gasteiger partial charge >= 0.3 is 0 Å². The average Bonchev–Trinajstić information content (AvgIpc) is 2.82. The van der Waals surface area contributed by atoms with Crippen LogP contribution in [0.3, 0.4) is 0 Å². The molecule has 17 heavy (non-hydrogen) atoms. The second-order valence-electron chi connectivity index (χ2n) is 4.93. The fourth-order valence-corrected chi connectivity index (χ4v) is 2.45. The molecule has 1 aliphatic heterocycles. The summed E-state index contributed by atoms with van der Waals surface area (Å²) in [6, 6.07) is 1.97. The van der Waals surface area contributed by atoms with Crippen molar-refractivity contribution in [1.29, 1.82) is 0 Å². The van der Waals surface area contributed by atoms with Crippen LogP contribution in [0.2, 0.25) is 0 Å². The van der Waals surface area contributed by atoms with E-state index in [1.54, 1.807) is 0 Å². The molecule has 1 aromatic heterocycles. The number of aliphatic hydroxyl groups is 1. The predicted octanol–water partition coefficient (Wildman–Crippen LogP) is 1.51. The Labute approximate surface area is 103 Å². The number of unbranched alkanes of at least 4 members (excludes halogenated alkanes) is 2. The summed E-state index contributed by atoms with van der Waals surface area (Å²) >= 11 is 0.